The van der Waals surface area contributed by atoms with Crippen LogP contribution in [-0.4, -0.2) is 29.0 Å². The fourth-order valence-electron chi connectivity index (χ4n) is 4.08. The molecule has 3 aromatic rings. The quantitative estimate of drug-likeness (QED) is 0.159. The molecule has 1 aromatic heterocycles. The van der Waals surface area contributed by atoms with Crippen LogP contribution in [0.5, 0.6) is 11.5 Å². The lowest BCUT2D eigenvalue weighted by Gasteiger charge is -2.22. The number of carbonyl (C=O) groups is 1. The highest BCUT2D eigenvalue weighted by molar-refractivity contribution is 14.1. The zero-order valence-electron chi connectivity index (χ0n) is 18.3. The summed E-state index contributed by atoms with van der Waals surface area (Å²) < 4.78 is 13.6. The number of nitrogens with zero attached hydrogens (tertiary/aromatic N) is 3. The van der Waals surface area contributed by atoms with Crippen LogP contribution in [0.1, 0.15) is 56.3 Å². The second-order valence-electron chi connectivity index (χ2n) is 7.96. The molecule has 0 saturated heterocycles. The summed E-state index contributed by atoms with van der Waals surface area (Å²) in [6, 6.07) is 9.08. The SMILES string of the molecule is COc1cc(C=Nn2c(C3CCCCC3)nc3ccc(Br)cc3c2=O)cc(I)c1OC(C)=O. The maximum absolute atomic E-state index is 13.4. The second kappa shape index (κ2) is 10.3. The number of hydrogen-bond acceptors (Lipinski definition) is 6. The normalized spacial score (nSPS) is 14.7. The van der Waals surface area contributed by atoms with Crippen molar-refractivity contribution in [3.05, 3.63) is 60.1 Å². The fraction of sp³-hybridized carbons (Fsp3) is 0.333. The number of carbonyl (C=O) groups excluding carboxylic acids is 1. The van der Waals surface area contributed by atoms with E-state index in [0.29, 0.717) is 37.4 Å². The van der Waals surface area contributed by atoms with Crippen LogP contribution in [-0.2, 0) is 4.79 Å². The molecule has 4 rings (SSSR count). The fourth-order valence-corrected chi connectivity index (χ4v) is 5.18. The summed E-state index contributed by atoms with van der Waals surface area (Å²) in [5, 5.41) is 5.09. The van der Waals surface area contributed by atoms with Gasteiger partial charge in [-0.1, -0.05) is 35.2 Å². The molecule has 0 unspecified atom stereocenters. The summed E-state index contributed by atoms with van der Waals surface area (Å²) in [6.07, 6.45) is 7.05. The Balaban J connectivity index is 1.82. The summed E-state index contributed by atoms with van der Waals surface area (Å²) in [5.41, 5.74) is 1.19. The zero-order valence-corrected chi connectivity index (χ0v) is 22.1. The summed E-state index contributed by atoms with van der Waals surface area (Å²) in [5.74, 6) is 1.24. The Bertz CT molecular complexity index is 1300. The van der Waals surface area contributed by atoms with Gasteiger partial charge >= 0.3 is 5.97 Å². The van der Waals surface area contributed by atoms with Crippen molar-refractivity contribution in [2.45, 2.75) is 44.9 Å². The molecule has 7 nitrogen and oxygen atoms in total. The summed E-state index contributed by atoms with van der Waals surface area (Å²) in [4.78, 5) is 29.7. The van der Waals surface area contributed by atoms with E-state index < -0.39 is 5.97 Å². The standard InChI is InChI=1S/C24H23BrIN3O4/c1-14(30)33-22-19(26)10-15(11-21(22)32-2)13-27-29-23(16-6-4-3-5-7-16)28-20-9-8-17(25)12-18(20)24(29)31/h8-13,16H,3-7H2,1-2H3. The van der Waals surface area contributed by atoms with Crippen molar-refractivity contribution in [2.24, 2.45) is 5.10 Å². The highest BCUT2D eigenvalue weighted by Crippen LogP contribution is 2.34. The molecule has 1 saturated carbocycles. The van der Waals surface area contributed by atoms with Gasteiger partial charge in [0.15, 0.2) is 11.5 Å². The number of hydrogen-bond donors (Lipinski definition) is 0. The number of ether oxygens (including phenoxy) is 2. The van der Waals surface area contributed by atoms with Crippen LogP contribution in [0, 0.1) is 3.57 Å². The molecular formula is C24H23BrIN3O4. The molecule has 1 aliphatic rings. The van der Waals surface area contributed by atoms with E-state index in [9.17, 15) is 9.59 Å². The van der Waals surface area contributed by atoms with E-state index >= 15 is 0 Å². The molecular weight excluding hydrogens is 601 g/mol. The van der Waals surface area contributed by atoms with Gasteiger partial charge in [-0.15, -0.1) is 0 Å². The number of aromatic nitrogens is 2. The molecule has 0 radical (unpaired) electrons. The summed E-state index contributed by atoms with van der Waals surface area (Å²) in [6.45, 7) is 1.34. The number of methoxy groups -OCH3 is 1. The van der Waals surface area contributed by atoms with Crippen molar-refractivity contribution in [3.8, 4) is 11.5 Å². The van der Waals surface area contributed by atoms with Crippen LogP contribution in [0.3, 0.4) is 0 Å². The topological polar surface area (TPSA) is 82.8 Å². The molecule has 0 atom stereocenters. The van der Waals surface area contributed by atoms with Gasteiger partial charge in [-0.3, -0.25) is 9.59 Å². The monoisotopic (exact) mass is 623 g/mol. The van der Waals surface area contributed by atoms with Gasteiger partial charge in [0, 0.05) is 17.3 Å². The van der Waals surface area contributed by atoms with Crippen molar-refractivity contribution in [3.63, 3.8) is 0 Å². The van der Waals surface area contributed by atoms with Gasteiger partial charge in [-0.2, -0.15) is 9.78 Å². The molecule has 1 heterocycles. The molecule has 9 heteroatoms. The first-order valence-electron chi connectivity index (χ1n) is 10.7. The van der Waals surface area contributed by atoms with Crippen molar-refractivity contribution < 1.29 is 14.3 Å². The van der Waals surface area contributed by atoms with E-state index in [1.165, 1.54) is 25.1 Å². The van der Waals surface area contributed by atoms with Gasteiger partial charge in [0.2, 0.25) is 0 Å². The van der Waals surface area contributed by atoms with Gasteiger partial charge < -0.3 is 9.47 Å². The number of esters is 1. The van der Waals surface area contributed by atoms with Crippen LogP contribution in [0.4, 0.5) is 0 Å². The van der Waals surface area contributed by atoms with Gasteiger partial charge in [-0.25, -0.2) is 4.98 Å². The largest absolute Gasteiger partial charge is 0.493 e. The highest BCUT2D eigenvalue weighted by atomic mass is 127. The number of rotatable bonds is 5. The van der Waals surface area contributed by atoms with Crippen molar-refractivity contribution in [1.29, 1.82) is 0 Å². The maximum atomic E-state index is 13.4. The lowest BCUT2D eigenvalue weighted by Crippen LogP contribution is -2.25. The average Bonchev–Trinajstić information content (AvgIpc) is 2.80. The molecule has 0 aliphatic heterocycles. The third kappa shape index (κ3) is 5.29. The van der Waals surface area contributed by atoms with Crippen LogP contribution in [0.2, 0.25) is 0 Å². The van der Waals surface area contributed by atoms with Crippen LogP contribution in [0.15, 0.2) is 44.7 Å². The van der Waals surface area contributed by atoms with Crippen molar-refractivity contribution in [2.75, 3.05) is 7.11 Å². The Labute approximate surface area is 213 Å². The van der Waals surface area contributed by atoms with Gasteiger partial charge in [-0.05, 0) is 71.3 Å². The van der Waals surface area contributed by atoms with Gasteiger partial charge in [0.25, 0.3) is 5.56 Å². The van der Waals surface area contributed by atoms with Crippen molar-refractivity contribution in [1.82, 2.24) is 9.66 Å². The zero-order chi connectivity index (χ0) is 23.5. The first-order chi connectivity index (χ1) is 15.9. The lowest BCUT2D eigenvalue weighted by molar-refractivity contribution is -0.132. The van der Waals surface area contributed by atoms with Gasteiger partial charge in [0.05, 0.1) is 27.8 Å². The molecule has 0 N–H and O–H groups in total. The Hall–Kier alpha value is -2.27. The molecule has 2 aromatic carbocycles. The first-order valence-corrected chi connectivity index (χ1v) is 12.6. The Morgan fingerprint density at radius 3 is 2.70 bits per heavy atom. The molecule has 1 aliphatic carbocycles. The van der Waals surface area contributed by atoms with E-state index in [-0.39, 0.29) is 11.5 Å². The highest BCUT2D eigenvalue weighted by Gasteiger charge is 2.22. The number of benzene rings is 2. The average molecular weight is 624 g/mol. The van der Waals surface area contributed by atoms with Crippen molar-refractivity contribution >= 4 is 61.6 Å². The third-order valence-corrected chi connectivity index (χ3v) is 6.92. The van der Waals surface area contributed by atoms with E-state index in [1.54, 1.807) is 18.3 Å². The number of fused-ring (bicyclic) bond motifs is 1. The predicted molar refractivity (Wildman–Crippen MR) is 140 cm³/mol. The summed E-state index contributed by atoms with van der Waals surface area (Å²) in [7, 11) is 1.51. The molecule has 0 bridgehead atoms. The third-order valence-electron chi connectivity index (χ3n) is 5.62. The van der Waals surface area contributed by atoms with E-state index in [0.717, 1.165) is 30.2 Å². The van der Waals surface area contributed by atoms with E-state index in [4.69, 9.17) is 14.5 Å². The van der Waals surface area contributed by atoms with Crippen LogP contribution < -0.4 is 15.0 Å². The lowest BCUT2D eigenvalue weighted by atomic mass is 9.88. The maximum Gasteiger partial charge on any atom is 0.308 e. The van der Waals surface area contributed by atoms with Crippen LogP contribution in [0.25, 0.3) is 10.9 Å². The minimum atomic E-state index is -0.426. The van der Waals surface area contributed by atoms with Crippen LogP contribution >= 0.6 is 38.5 Å². The Morgan fingerprint density at radius 1 is 1.24 bits per heavy atom. The Kier molecular flexibility index (Phi) is 7.48. The molecule has 1 fully saturated rings. The first kappa shape index (κ1) is 23.9. The minimum absolute atomic E-state index is 0.192. The van der Waals surface area contributed by atoms with E-state index in [2.05, 4.69) is 43.6 Å². The second-order valence-corrected chi connectivity index (χ2v) is 10.0. The molecule has 0 spiro atoms. The number of halogens is 2. The minimum Gasteiger partial charge on any atom is -0.493 e. The Morgan fingerprint density at radius 2 is 2.00 bits per heavy atom. The summed E-state index contributed by atoms with van der Waals surface area (Å²) >= 11 is 5.53. The molecule has 33 heavy (non-hydrogen) atoms. The molecule has 172 valence electrons. The molecule has 0 amide bonds. The van der Waals surface area contributed by atoms with E-state index in [1.807, 2.05) is 18.2 Å². The van der Waals surface area contributed by atoms with Gasteiger partial charge in [0.1, 0.15) is 5.82 Å². The smallest absolute Gasteiger partial charge is 0.308 e. The predicted octanol–water partition coefficient (Wildman–Crippen LogP) is 5.63.